The molecule has 2 saturated heterocycles. The normalized spacial score (nSPS) is 24.8. The zero-order valence-electron chi connectivity index (χ0n) is 11.4. The summed E-state index contributed by atoms with van der Waals surface area (Å²) >= 11 is 1.75. The van der Waals surface area contributed by atoms with Crippen molar-refractivity contribution in [2.45, 2.75) is 38.1 Å². The molecule has 0 unspecified atom stereocenters. The summed E-state index contributed by atoms with van der Waals surface area (Å²) in [6.07, 6.45) is 6.06. The summed E-state index contributed by atoms with van der Waals surface area (Å²) < 4.78 is 0. The van der Waals surface area contributed by atoms with Gasteiger partial charge in [0.05, 0.1) is 6.54 Å². The van der Waals surface area contributed by atoms with Crippen LogP contribution in [0.5, 0.6) is 0 Å². The molecule has 1 amide bonds. The molecule has 4 heteroatoms. The third-order valence-corrected chi connectivity index (χ3v) is 5.04. The topological polar surface area (TPSA) is 23.6 Å². The Morgan fingerprint density at radius 2 is 2.05 bits per heavy atom. The standard InChI is InChI=1S/C15H22N2OS/c18-15(16-7-2-1-3-8-16)11-17-9-4-5-14(17)13-6-10-19-12-13/h6,10,12,14H,1-5,7-9,11H2/t14-/m0/s1. The van der Waals surface area contributed by atoms with Gasteiger partial charge in [-0.1, -0.05) is 0 Å². The van der Waals surface area contributed by atoms with Crippen LogP contribution in [-0.4, -0.2) is 41.9 Å². The molecule has 2 fully saturated rings. The first-order valence-electron chi connectivity index (χ1n) is 7.38. The second-order valence-electron chi connectivity index (χ2n) is 5.63. The van der Waals surface area contributed by atoms with Crippen LogP contribution in [0.4, 0.5) is 0 Å². The molecule has 2 aliphatic heterocycles. The molecule has 0 bridgehead atoms. The lowest BCUT2D eigenvalue weighted by atomic mass is 10.1. The summed E-state index contributed by atoms with van der Waals surface area (Å²) in [6.45, 7) is 3.62. The van der Waals surface area contributed by atoms with Gasteiger partial charge in [0.2, 0.25) is 5.91 Å². The predicted molar refractivity (Wildman–Crippen MR) is 78.3 cm³/mol. The lowest BCUT2D eigenvalue weighted by molar-refractivity contribution is -0.133. The largest absolute Gasteiger partial charge is 0.342 e. The molecule has 0 spiro atoms. The molecule has 0 aromatic carbocycles. The molecule has 0 aliphatic carbocycles. The van der Waals surface area contributed by atoms with Crippen molar-refractivity contribution in [1.82, 2.24) is 9.80 Å². The van der Waals surface area contributed by atoms with Gasteiger partial charge in [0.1, 0.15) is 0 Å². The number of amides is 1. The highest BCUT2D eigenvalue weighted by molar-refractivity contribution is 7.07. The fourth-order valence-corrected chi connectivity index (χ4v) is 3.98. The molecule has 1 aromatic rings. The van der Waals surface area contributed by atoms with E-state index in [-0.39, 0.29) is 0 Å². The van der Waals surface area contributed by atoms with Gasteiger partial charge in [-0.2, -0.15) is 11.3 Å². The van der Waals surface area contributed by atoms with Crippen LogP contribution >= 0.6 is 11.3 Å². The number of hydrogen-bond donors (Lipinski definition) is 0. The van der Waals surface area contributed by atoms with Gasteiger partial charge in [-0.3, -0.25) is 9.69 Å². The first-order valence-corrected chi connectivity index (χ1v) is 8.33. The predicted octanol–water partition coefficient (Wildman–Crippen LogP) is 2.90. The van der Waals surface area contributed by atoms with E-state index >= 15 is 0 Å². The van der Waals surface area contributed by atoms with E-state index in [2.05, 4.69) is 26.6 Å². The molecule has 1 atom stereocenters. The van der Waals surface area contributed by atoms with Crippen molar-refractivity contribution in [3.05, 3.63) is 22.4 Å². The van der Waals surface area contributed by atoms with E-state index in [1.165, 1.54) is 37.7 Å². The van der Waals surface area contributed by atoms with Crippen LogP contribution in [-0.2, 0) is 4.79 Å². The Labute approximate surface area is 119 Å². The van der Waals surface area contributed by atoms with Crippen molar-refractivity contribution >= 4 is 17.2 Å². The third kappa shape index (κ3) is 3.00. The van der Waals surface area contributed by atoms with Crippen molar-refractivity contribution in [2.24, 2.45) is 0 Å². The van der Waals surface area contributed by atoms with Gasteiger partial charge < -0.3 is 4.90 Å². The number of piperidine rings is 1. The molecule has 3 rings (SSSR count). The van der Waals surface area contributed by atoms with Gasteiger partial charge in [0.15, 0.2) is 0 Å². The van der Waals surface area contributed by atoms with E-state index in [1.54, 1.807) is 11.3 Å². The van der Waals surface area contributed by atoms with Crippen molar-refractivity contribution in [1.29, 1.82) is 0 Å². The smallest absolute Gasteiger partial charge is 0.236 e. The third-order valence-electron chi connectivity index (χ3n) is 4.34. The first-order chi connectivity index (χ1) is 9.34. The minimum absolute atomic E-state index is 0.335. The number of hydrogen-bond acceptors (Lipinski definition) is 3. The van der Waals surface area contributed by atoms with Crippen LogP contribution in [0.3, 0.4) is 0 Å². The zero-order valence-corrected chi connectivity index (χ0v) is 12.2. The van der Waals surface area contributed by atoms with Gasteiger partial charge in [-0.15, -0.1) is 0 Å². The summed E-state index contributed by atoms with van der Waals surface area (Å²) in [5.74, 6) is 0.335. The molecule has 2 aliphatic rings. The van der Waals surface area contributed by atoms with Crippen molar-refractivity contribution in [3.8, 4) is 0 Å². The van der Waals surface area contributed by atoms with E-state index in [0.29, 0.717) is 18.5 Å². The molecule has 3 nitrogen and oxygen atoms in total. The molecular formula is C15H22N2OS. The summed E-state index contributed by atoms with van der Waals surface area (Å²) in [4.78, 5) is 16.8. The molecule has 104 valence electrons. The molecule has 0 saturated carbocycles. The number of carbonyl (C=O) groups excluding carboxylic acids is 1. The van der Waals surface area contributed by atoms with Gasteiger partial charge >= 0.3 is 0 Å². The first kappa shape index (κ1) is 13.1. The van der Waals surface area contributed by atoms with Crippen LogP contribution in [0.1, 0.15) is 43.7 Å². The average molecular weight is 278 g/mol. The number of carbonyl (C=O) groups is 1. The van der Waals surface area contributed by atoms with Crippen LogP contribution in [0.2, 0.25) is 0 Å². The van der Waals surface area contributed by atoms with E-state index in [9.17, 15) is 4.79 Å². The quantitative estimate of drug-likeness (QED) is 0.849. The maximum absolute atomic E-state index is 12.4. The van der Waals surface area contributed by atoms with Crippen LogP contribution < -0.4 is 0 Å². The van der Waals surface area contributed by atoms with E-state index < -0.39 is 0 Å². The van der Waals surface area contributed by atoms with Crippen molar-refractivity contribution in [2.75, 3.05) is 26.2 Å². The van der Waals surface area contributed by atoms with Gasteiger partial charge in [-0.05, 0) is 61.0 Å². The van der Waals surface area contributed by atoms with E-state index in [0.717, 1.165) is 19.6 Å². The van der Waals surface area contributed by atoms with Crippen LogP contribution in [0, 0.1) is 0 Å². The average Bonchev–Trinajstić information content (AvgIpc) is 3.10. The summed E-state index contributed by atoms with van der Waals surface area (Å²) in [5.41, 5.74) is 1.40. The maximum atomic E-state index is 12.4. The van der Waals surface area contributed by atoms with Gasteiger partial charge in [0, 0.05) is 19.1 Å². The van der Waals surface area contributed by atoms with Crippen molar-refractivity contribution < 1.29 is 4.79 Å². The van der Waals surface area contributed by atoms with E-state index in [1.807, 2.05) is 0 Å². The molecule has 0 N–H and O–H groups in total. The maximum Gasteiger partial charge on any atom is 0.236 e. The summed E-state index contributed by atoms with van der Waals surface area (Å²) in [6, 6.07) is 2.68. The monoisotopic (exact) mass is 278 g/mol. The van der Waals surface area contributed by atoms with Gasteiger partial charge in [-0.25, -0.2) is 0 Å². The zero-order chi connectivity index (χ0) is 13.1. The number of thiophene rings is 1. The summed E-state index contributed by atoms with van der Waals surface area (Å²) in [7, 11) is 0. The Bertz CT molecular complexity index is 412. The molecule has 1 aromatic heterocycles. The highest BCUT2D eigenvalue weighted by atomic mass is 32.1. The molecule has 19 heavy (non-hydrogen) atoms. The molecule has 3 heterocycles. The minimum Gasteiger partial charge on any atom is -0.342 e. The Hall–Kier alpha value is -0.870. The lowest BCUT2D eigenvalue weighted by Gasteiger charge is -2.30. The van der Waals surface area contributed by atoms with E-state index in [4.69, 9.17) is 0 Å². The fraction of sp³-hybridized carbons (Fsp3) is 0.667. The van der Waals surface area contributed by atoms with Crippen molar-refractivity contribution in [3.63, 3.8) is 0 Å². The van der Waals surface area contributed by atoms with Crippen LogP contribution in [0.15, 0.2) is 16.8 Å². The summed E-state index contributed by atoms with van der Waals surface area (Å²) in [5, 5.41) is 4.37. The number of nitrogens with zero attached hydrogens (tertiary/aromatic N) is 2. The second kappa shape index (κ2) is 6.06. The Morgan fingerprint density at radius 3 is 2.79 bits per heavy atom. The molecule has 0 radical (unpaired) electrons. The van der Waals surface area contributed by atoms with Gasteiger partial charge in [0.25, 0.3) is 0 Å². The lowest BCUT2D eigenvalue weighted by Crippen LogP contribution is -2.42. The fourth-order valence-electron chi connectivity index (χ4n) is 3.27. The molecular weight excluding hydrogens is 256 g/mol. The minimum atomic E-state index is 0.335. The number of rotatable bonds is 3. The van der Waals surface area contributed by atoms with Crippen LogP contribution in [0.25, 0.3) is 0 Å². The SMILES string of the molecule is O=C(CN1CCC[C@H]1c1ccsc1)N1CCCCC1. The Kier molecular flexibility index (Phi) is 4.18. The Balaban J connectivity index is 1.60. The number of likely N-dealkylation sites (tertiary alicyclic amines) is 2. The Morgan fingerprint density at radius 1 is 1.21 bits per heavy atom. The highest BCUT2D eigenvalue weighted by Crippen LogP contribution is 2.32. The highest BCUT2D eigenvalue weighted by Gasteiger charge is 2.29. The second-order valence-corrected chi connectivity index (χ2v) is 6.41.